The molecule has 45 heavy (non-hydrogen) atoms. The Morgan fingerprint density at radius 1 is 0.956 bits per heavy atom. The molecule has 244 valence electrons. The van der Waals surface area contributed by atoms with Gasteiger partial charge in [0.1, 0.15) is 5.75 Å². The summed E-state index contributed by atoms with van der Waals surface area (Å²) in [5.41, 5.74) is 2.30. The summed E-state index contributed by atoms with van der Waals surface area (Å²) in [5, 5.41) is 14.7. The summed E-state index contributed by atoms with van der Waals surface area (Å²) in [6.45, 7) is 6.42. The second-order valence-electron chi connectivity index (χ2n) is 11.8. The third-order valence-electron chi connectivity index (χ3n) is 7.69. The highest BCUT2D eigenvalue weighted by Crippen LogP contribution is 2.26. The zero-order chi connectivity index (χ0) is 33.1. The van der Waals surface area contributed by atoms with Gasteiger partial charge in [0.05, 0.1) is 18.1 Å². The molecule has 0 saturated heterocycles. The van der Waals surface area contributed by atoms with Crippen molar-refractivity contribution in [2.24, 2.45) is 11.8 Å². The van der Waals surface area contributed by atoms with Crippen molar-refractivity contribution < 1.29 is 27.9 Å². The number of ketones is 1. The standard InChI is InChI=1S/C35H47N3O6S/c1-7-17-37(5)35(41)29-19-28(20-30(21-29)36-4)33(39)22-27(18-26-11-9-8-10-12-26)34(40)24-38(23-25(2)3)45(42,43)32-15-13-31(44-6)14-16-32/h8-16,19-21,25,27,34,36,40H,7,17-18,22-24H2,1-6H3/t27-,34-/m1/s1. The molecule has 0 aliphatic carbocycles. The quantitative estimate of drug-likeness (QED) is 0.192. The maximum Gasteiger partial charge on any atom is 0.253 e. The number of carbonyl (C=O) groups excluding carboxylic acids is 2. The minimum atomic E-state index is -3.96. The minimum Gasteiger partial charge on any atom is -0.497 e. The third kappa shape index (κ3) is 9.88. The summed E-state index contributed by atoms with van der Waals surface area (Å²) in [7, 11) is 1.01. The summed E-state index contributed by atoms with van der Waals surface area (Å²) >= 11 is 0. The number of rotatable bonds is 17. The number of aliphatic hydroxyl groups excluding tert-OH is 1. The van der Waals surface area contributed by atoms with E-state index >= 15 is 0 Å². The number of aliphatic hydroxyl groups is 1. The van der Waals surface area contributed by atoms with Gasteiger partial charge < -0.3 is 20.1 Å². The molecule has 0 radical (unpaired) electrons. The number of benzene rings is 3. The van der Waals surface area contributed by atoms with Gasteiger partial charge in [-0.3, -0.25) is 9.59 Å². The van der Waals surface area contributed by atoms with Gasteiger partial charge in [-0.15, -0.1) is 0 Å². The van der Waals surface area contributed by atoms with Crippen molar-refractivity contribution in [2.45, 2.75) is 51.0 Å². The first-order chi connectivity index (χ1) is 21.4. The van der Waals surface area contributed by atoms with Gasteiger partial charge in [-0.1, -0.05) is 51.1 Å². The van der Waals surface area contributed by atoms with Crippen LogP contribution in [0, 0.1) is 11.8 Å². The Balaban J connectivity index is 1.94. The van der Waals surface area contributed by atoms with Crippen LogP contribution in [-0.4, -0.2) is 81.4 Å². The molecule has 0 unspecified atom stereocenters. The molecule has 3 aromatic carbocycles. The van der Waals surface area contributed by atoms with Crippen molar-refractivity contribution >= 4 is 27.4 Å². The zero-order valence-electron chi connectivity index (χ0n) is 27.2. The monoisotopic (exact) mass is 637 g/mol. The summed E-state index contributed by atoms with van der Waals surface area (Å²) < 4.78 is 34.0. The predicted octanol–water partition coefficient (Wildman–Crippen LogP) is 5.36. The number of sulfonamides is 1. The first-order valence-corrected chi connectivity index (χ1v) is 16.8. The van der Waals surface area contributed by atoms with Crippen molar-refractivity contribution in [3.63, 3.8) is 0 Å². The van der Waals surface area contributed by atoms with Gasteiger partial charge >= 0.3 is 0 Å². The average Bonchev–Trinajstić information content (AvgIpc) is 3.03. The first-order valence-electron chi connectivity index (χ1n) is 15.4. The second-order valence-corrected chi connectivity index (χ2v) is 13.7. The lowest BCUT2D eigenvalue weighted by atomic mass is 9.87. The third-order valence-corrected chi connectivity index (χ3v) is 9.53. The van der Waals surface area contributed by atoms with Crippen molar-refractivity contribution in [1.82, 2.24) is 9.21 Å². The number of hydrogen-bond donors (Lipinski definition) is 2. The highest BCUT2D eigenvalue weighted by atomic mass is 32.2. The molecule has 0 spiro atoms. The van der Waals surface area contributed by atoms with Crippen LogP contribution in [0.2, 0.25) is 0 Å². The predicted molar refractivity (Wildman–Crippen MR) is 178 cm³/mol. The fourth-order valence-corrected chi connectivity index (χ4v) is 6.88. The van der Waals surface area contributed by atoms with E-state index in [2.05, 4.69) is 5.32 Å². The largest absolute Gasteiger partial charge is 0.497 e. The number of nitrogens with zero attached hydrogens (tertiary/aromatic N) is 2. The molecule has 0 fully saturated rings. The number of nitrogens with one attached hydrogen (secondary N) is 1. The van der Waals surface area contributed by atoms with Crippen LogP contribution in [0.5, 0.6) is 5.75 Å². The number of anilines is 1. The molecule has 2 atom stereocenters. The van der Waals surface area contributed by atoms with E-state index < -0.39 is 22.0 Å². The smallest absolute Gasteiger partial charge is 0.253 e. The maximum atomic E-state index is 13.8. The lowest BCUT2D eigenvalue weighted by Gasteiger charge is -2.30. The second kappa shape index (κ2) is 16.5. The van der Waals surface area contributed by atoms with E-state index in [-0.39, 0.29) is 42.0 Å². The summed E-state index contributed by atoms with van der Waals surface area (Å²) in [5.74, 6) is -0.494. The highest BCUT2D eigenvalue weighted by Gasteiger charge is 2.32. The number of amides is 1. The Labute approximate surface area is 268 Å². The van der Waals surface area contributed by atoms with Gasteiger partial charge in [0, 0.05) is 57.0 Å². The summed E-state index contributed by atoms with van der Waals surface area (Å²) in [6.07, 6.45) is -0.0198. The molecule has 3 aromatic rings. The topological polar surface area (TPSA) is 116 Å². The minimum absolute atomic E-state index is 0.00879. The van der Waals surface area contributed by atoms with Gasteiger partial charge in [-0.2, -0.15) is 4.31 Å². The molecule has 0 aliphatic heterocycles. The zero-order valence-corrected chi connectivity index (χ0v) is 28.0. The number of Topliss-reactive ketones (excluding diaryl/α,β-unsaturated/α-hetero) is 1. The van der Waals surface area contributed by atoms with Gasteiger partial charge in [0.15, 0.2) is 5.78 Å². The van der Waals surface area contributed by atoms with Gasteiger partial charge in [-0.05, 0) is 72.7 Å². The maximum absolute atomic E-state index is 13.8. The Hall–Kier alpha value is -3.73. The lowest BCUT2D eigenvalue weighted by molar-refractivity contribution is 0.0689. The van der Waals surface area contributed by atoms with E-state index in [0.29, 0.717) is 35.5 Å². The van der Waals surface area contributed by atoms with E-state index in [1.807, 2.05) is 51.1 Å². The molecule has 9 nitrogen and oxygen atoms in total. The molecule has 1 amide bonds. The number of ether oxygens (including phenoxy) is 1. The normalized spacial score (nSPS) is 13.0. The van der Waals surface area contributed by atoms with Crippen molar-refractivity contribution in [3.8, 4) is 5.75 Å². The van der Waals surface area contributed by atoms with E-state index in [1.165, 1.54) is 23.5 Å². The fraction of sp³-hybridized carbons (Fsp3) is 0.429. The molecule has 0 bridgehead atoms. The summed E-state index contributed by atoms with van der Waals surface area (Å²) in [6, 6.07) is 20.7. The van der Waals surface area contributed by atoms with Crippen LogP contribution in [-0.2, 0) is 16.4 Å². The van der Waals surface area contributed by atoms with Crippen LogP contribution < -0.4 is 10.1 Å². The molecular formula is C35H47N3O6S. The number of carbonyl (C=O) groups is 2. The van der Waals surface area contributed by atoms with Gasteiger partial charge in [-0.25, -0.2) is 8.42 Å². The molecule has 3 rings (SSSR count). The van der Waals surface area contributed by atoms with Crippen molar-refractivity contribution in [2.75, 3.05) is 46.2 Å². The van der Waals surface area contributed by atoms with Gasteiger partial charge in [0.2, 0.25) is 10.0 Å². The first kappa shape index (κ1) is 35.7. The summed E-state index contributed by atoms with van der Waals surface area (Å²) in [4.78, 5) is 28.6. The van der Waals surface area contributed by atoms with Crippen LogP contribution in [0.25, 0.3) is 0 Å². The van der Waals surface area contributed by atoms with E-state index in [4.69, 9.17) is 4.74 Å². The Morgan fingerprint density at radius 3 is 2.18 bits per heavy atom. The van der Waals surface area contributed by atoms with E-state index in [1.54, 1.807) is 49.3 Å². The van der Waals surface area contributed by atoms with Crippen LogP contribution in [0.4, 0.5) is 5.69 Å². The number of hydrogen-bond acceptors (Lipinski definition) is 7. The van der Waals surface area contributed by atoms with E-state index in [9.17, 15) is 23.1 Å². The molecule has 0 saturated carbocycles. The molecule has 0 heterocycles. The van der Waals surface area contributed by atoms with Crippen molar-refractivity contribution in [3.05, 3.63) is 89.5 Å². The Bertz CT molecular complexity index is 1510. The molecule has 0 aliphatic rings. The van der Waals surface area contributed by atoms with Crippen LogP contribution in [0.15, 0.2) is 77.7 Å². The van der Waals surface area contributed by atoms with Crippen molar-refractivity contribution in [1.29, 1.82) is 0 Å². The molecular weight excluding hydrogens is 590 g/mol. The van der Waals surface area contributed by atoms with E-state index in [0.717, 1.165) is 12.0 Å². The molecule has 0 aromatic heterocycles. The molecule has 10 heteroatoms. The number of methoxy groups -OCH3 is 1. The highest BCUT2D eigenvalue weighted by molar-refractivity contribution is 7.89. The lowest BCUT2D eigenvalue weighted by Crippen LogP contribution is -2.43. The molecule has 2 N–H and O–H groups in total. The Morgan fingerprint density at radius 2 is 1.60 bits per heavy atom. The fourth-order valence-electron chi connectivity index (χ4n) is 5.26. The average molecular weight is 638 g/mol. The van der Waals surface area contributed by atoms with Gasteiger partial charge in [0.25, 0.3) is 5.91 Å². The Kier molecular flexibility index (Phi) is 13.1. The van der Waals surface area contributed by atoms with Crippen LogP contribution in [0.1, 0.15) is 59.9 Å². The van der Waals surface area contributed by atoms with Crippen LogP contribution >= 0.6 is 0 Å². The van der Waals surface area contributed by atoms with Crippen LogP contribution in [0.3, 0.4) is 0 Å². The SMILES string of the molecule is CCCN(C)C(=O)c1cc(NC)cc(C(=O)C[C@@H](Cc2ccccc2)[C@H](O)CN(CC(C)C)S(=O)(=O)c2ccc(OC)cc2)c1.